The quantitative estimate of drug-likeness (QED) is 0.818. The molecular weight excluding hydrogens is 202 g/mol. The predicted octanol–water partition coefficient (Wildman–Crippen LogP) is 1.89. The summed E-state index contributed by atoms with van der Waals surface area (Å²) >= 11 is 0. The predicted molar refractivity (Wildman–Crippen MR) is 65.3 cm³/mol. The first-order chi connectivity index (χ1) is 7.70. The van der Waals surface area contributed by atoms with Crippen LogP contribution in [-0.4, -0.2) is 24.7 Å². The third kappa shape index (κ3) is 2.64. The molecule has 1 saturated heterocycles. The molecule has 2 rings (SSSR count). The van der Waals surface area contributed by atoms with Gasteiger partial charge in [0.2, 0.25) is 0 Å². The van der Waals surface area contributed by atoms with Crippen molar-refractivity contribution in [3.05, 3.63) is 18.3 Å². The average Bonchev–Trinajstić information content (AvgIpc) is 2.29. The molecular formula is C12H19N3O. The third-order valence-corrected chi connectivity index (χ3v) is 3.22. The molecule has 0 unspecified atom stereocenters. The molecule has 4 nitrogen and oxygen atoms in total. The molecule has 1 aliphatic rings. The second-order valence-electron chi connectivity index (χ2n) is 4.72. The Balaban J connectivity index is 1.94. The Kier molecular flexibility index (Phi) is 3.29. The van der Waals surface area contributed by atoms with Crippen molar-refractivity contribution >= 4 is 11.5 Å². The number of pyridine rings is 1. The minimum Gasteiger partial charge on any atom is -0.396 e. The van der Waals surface area contributed by atoms with Crippen LogP contribution in [0.2, 0.25) is 0 Å². The Morgan fingerprint density at radius 2 is 2.25 bits per heavy atom. The van der Waals surface area contributed by atoms with E-state index in [0.717, 1.165) is 38.4 Å². The van der Waals surface area contributed by atoms with Crippen LogP contribution >= 0.6 is 0 Å². The van der Waals surface area contributed by atoms with Crippen molar-refractivity contribution in [1.82, 2.24) is 4.98 Å². The number of ether oxygens (including phenoxy) is 1. The van der Waals surface area contributed by atoms with E-state index in [2.05, 4.69) is 17.2 Å². The molecule has 1 fully saturated rings. The summed E-state index contributed by atoms with van der Waals surface area (Å²) in [5.41, 5.74) is 6.83. The van der Waals surface area contributed by atoms with Gasteiger partial charge in [0.05, 0.1) is 5.69 Å². The van der Waals surface area contributed by atoms with Crippen LogP contribution in [0.25, 0.3) is 0 Å². The van der Waals surface area contributed by atoms with Gasteiger partial charge in [-0.25, -0.2) is 4.98 Å². The lowest BCUT2D eigenvalue weighted by Crippen LogP contribution is -2.33. The van der Waals surface area contributed by atoms with E-state index < -0.39 is 0 Å². The van der Waals surface area contributed by atoms with Crippen LogP contribution in [0.3, 0.4) is 0 Å². The first kappa shape index (κ1) is 11.2. The summed E-state index contributed by atoms with van der Waals surface area (Å²) in [5, 5.41) is 3.33. The Hall–Kier alpha value is -1.29. The van der Waals surface area contributed by atoms with Crippen molar-refractivity contribution in [2.45, 2.75) is 19.8 Å². The lowest BCUT2D eigenvalue weighted by Gasteiger charge is -2.33. The molecule has 0 saturated carbocycles. The summed E-state index contributed by atoms with van der Waals surface area (Å²) in [5.74, 6) is 0.787. The molecule has 0 aromatic carbocycles. The van der Waals surface area contributed by atoms with Crippen molar-refractivity contribution in [1.29, 1.82) is 0 Å². The Bertz CT molecular complexity index is 348. The fourth-order valence-electron chi connectivity index (χ4n) is 1.90. The Labute approximate surface area is 96.2 Å². The first-order valence-electron chi connectivity index (χ1n) is 5.72. The maximum absolute atomic E-state index is 5.83. The fourth-order valence-corrected chi connectivity index (χ4v) is 1.90. The number of anilines is 2. The molecule has 16 heavy (non-hydrogen) atoms. The second-order valence-corrected chi connectivity index (χ2v) is 4.72. The van der Waals surface area contributed by atoms with Crippen LogP contribution in [0.5, 0.6) is 0 Å². The van der Waals surface area contributed by atoms with Crippen molar-refractivity contribution in [2.24, 2.45) is 5.41 Å². The van der Waals surface area contributed by atoms with Crippen molar-refractivity contribution in [3.8, 4) is 0 Å². The van der Waals surface area contributed by atoms with Crippen molar-refractivity contribution in [3.63, 3.8) is 0 Å². The zero-order chi connectivity index (χ0) is 11.4. The highest BCUT2D eigenvalue weighted by Crippen LogP contribution is 2.30. The molecule has 2 heterocycles. The maximum atomic E-state index is 5.83. The van der Waals surface area contributed by atoms with Gasteiger partial charge in [-0.3, -0.25) is 0 Å². The van der Waals surface area contributed by atoms with Crippen LogP contribution in [-0.2, 0) is 4.74 Å². The zero-order valence-electron chi connectivity index (χ0n) is 9.70. The highest BCUT2D eigenvalue weighted by molar-refractivity contribution is 5.60. The molecule has 0 atom stereocenters. The minimum atomic E-state index is 0.294. The van der Waals surface area contributed by atoms with E-state index in [1.165, 1.54) is 0 Å². The van der Waals surface area contributed by atoms with Gasteiger partial charge in [0.15, 0.2) is 0 Å². The normalized spacial score (nSPS) is 19.3. The molecule has 1 aromatic heterocycles. The molecule has 88 valence electrons. The molecule has 0 radical (unpaired) electrons. The monoisotopic (exact) mass is 221 g/mol. The van der Waals surface area contributed by atoms with E-state index in [1.54, 1.807) is 6.20 Å². The SMILES string of the molecule is CC1(CNc2ncccc2N)CCOCC1. The highest BCUT2D eigenvalue weighted by atomic mass is 16.5. The topological polar surface area (TPSA) is 60.2 Å². The number of nitrogens with one attached hydrogen (secondary N) is 1. The van der Waals surface area contributed by atoms with Crippen LogP contribution < -0.4 is 11.1 Å². The smallest absolute Gasteiger partial charge is 0.149 e. The number of nitrogen functional groups attached to an aromatic ring is 1. The van der Waals surface area contributed by atoms with Gasteiger partial charge in [0, 0.05) is 26.0 Å². The zero-order valence-corrected chi connectivity index (χ0v) is 9.70. The number of hydrogen-bond acceptors (Lipinski definition) is 4. The number of nitrogens with zero attached hydrogens (tertiary/aromatic N) is 1. The van der Waals surface area contributed by atoms with Crippen LogP contribution in [0.4, 0.5) is 11.5 Å². The summed E-state index contributed by atoms with van der Waals surface area (Å²) in [6.45, 7) is 4.89. The molecule has 4 heteroatoms. The summed E-state index contributed by atoms with van der Waals surface area (Å²) in [4.78, 5) is 4.23. The first-order valence-corrected chi connectivity index (χ1v) is 5.72. The molecule has 0 spiro atoms. The summed E-state index contributed by atoms with van der Waals surface area (Å²) in [7, 11) is 0. The molecule has 0 bridgehead atoms. The van der Waals surface area contributed by atoms with Gasteiger partial charge in [-0.2, -0.15) is 0 Å². The highest BCUT2D eigenvalue weighted by Gasteiger charge is 2.27. The van der Waals surface area contributed by atoms with Crippen molar-refractivity contribution < 1.29 is 4.74 Å². The van der Waals surface area contributed by atoms with Crippen molar-refractivity contribution in [2.75, 3.05) is 30.8 Å². The van der Waals surface area contributed by atoms with E-state index >= 15 is 0 Å². The summed E-state index contributed by atoms with van der Waals surface area (Å²) in [6.07, 6.45) is 3.94. The standard InChI is InChI=1S/C12H19N3O/c1-12(4-7-16-8-5-12)9-15-11-10(13)3-2-6-14-11/h2-3,6H,4-5,7-9,13H2,1H3,(H,14,15). The van der Waals surface area contributed by atoms with E-state index in [4.69, 9.17) is 10.5 Å². The number of nitrogens with two attached hydrogens (primary N) is 1. The van der Waals surface area contributed by atoms with E-state index in [-0.39, 0.29) is 0 Å². The van der Waals surface area contributed by atoms with Gasteiger partial charge in [-0.15, -0.1) is 0 Å². The lowest BCUT2D eigenvalue weighted by atomic mass is 9.82. The lowest BCUT2D eigenvalue weighted by molar-refractivity contribution is 0.0300. The molecule has 3 N–H and O–H groups in total. The summed E-state index contributed by atoms with van der Waals surface area (Å²) < 4.78 is 5.37. The summed E-state index contributed by atoms with van der Waals surface area (Å²) in [6, 6.07) is 3.71. The van der Waals surface area contributed by atoms with E-state index in [1.807, 2.05) is 12.1 Å². The van der Waals surface area contributed by atoms with Gasteiger partial charge in [-0.1, -0.05) is 6.92 Å². The van der Waals surface area contributed by atoms with Gasteiger partial charge >= 0.3 is 0 Å². The van der Waals surface area contributed by atoms with E-state index in [9.17, 15) is 0 Å². The Morgan fingerprint density at radius 3 is 2.94 bits per heavy atom. The minimum absolute atomic E-state index is 0.294. The van der Waals surface area contributed by atoms with Crippen LogP contribution in [0, 0.1) is 5.41 Å². The Morgan fingerprint density at radius 1 is 1.50 bits per heavy atom. The van der Waals surface area contributed by atoms with Gasteiger partial charge in [-0.05, 0) is 30.4 Å². The number of rotatable bonds is 3. The molecule has 1 aliphatic heterocycles. The van der Waals surface area contributed by atoms with Gasteiger partial charge in [0.1, 0.15) is 5.82 Å². The molecule has 0 aliphatic carbocycles. The van der Waals surface area contributed by atoms with E-state index in [0.29, 0.717) is 11.1 Å². The molecule has 0 amide bonds. The average molecular weight is 221 g/mol. The molecule has 1 aromatic rings. The fraction of sp³-hybridized carbons (Fsp3) is 0.583. The van der Waals surface area contributed by atoms with Crippen LogP contribution in [0.1, 0.15) is 19.8 Å². The van der Waals surface area contributed by atoms with Gasteiger partial charge < -0.3 is 15.8 Å². The third-order valence-electron chi connectivity index (χ3n) is 3.22. The largest absolute Gasteiger partial charge is 0.396 e. The number of aromatic nitrogens is 1. The maximum Gasteiger partial charge on any atom is 0.149 e. The van der Waals surface area contributed by atoms with Gasteiger partial charge in [0.25, 0.3) is 0 Å². The van der Waals surface area contributed by atoms with Crippen LogP contribution in [0.15, 0.2) is 18.3 Å². The number of hydrogen-bond donors (Lipinski definition) is 2. The second kappa shape index (κ2) is 4.70.